The first-order valence-corrected chi connectivity index (χ1v) is 7.84. The molecule has 2 aromatic carbocycles. The summed E-state index contributed by atoms with van der Waals surface area (Å²) in [6, 6.07) is 16.1. The van der Waals surface area contributed by atoms with Crippen molar-refractivity contribution >= 4 is 22.8 Å². The van der Waals surface area contributed by atoms with Gasteiger partial charge in [0.25, 0.3) is 5.56 Å². The van der Waals surface area contributed by atoms with E-state index in [0.717, 1.165) is 5.56 Å². The number of carbonyl (C=O) groups excluding carboxylic acids is 1. The number of aromatic nitrogens is 4. The lowest BCUT2D eigenvalue weighted by Gasteiger charge is -2.05. The zero-order chi connectivity index (χ0) is 17.9. The second-order valence-electron chi connectivity index (χ2n) is 5.52. The maximum Gasteiger partial charge on any atom is 0.322 e. The van der Waals surface area contributed by atoms with E-state index in [1.807, 2.05) is 30.3 Å². The van der Waals surface area contributed by atoms with E-state index in [9.17, 15) is 9.59 Å². The number of para-hydroxylation sites is 1. The molecular formula is C18H13N5O3. The summed E-state index contributed by atoms with van der Waals surface area (Å²) < 4.78 is 6.65. The highest BCUT2D eigenvalue weighted by atomic mass is 16.4. The number of anilines is 1. The van der Waals surface area contributed by atoms with E-state index >= 15 is 0 Å². The molecule has 2 heterocycles. The largest absolute Gasteiger partial charge is 0.403 e. The molecule has 2 aromatic heterocycles. The number of hydrogen-bond acceptors (Lipinski definition) is 6. The molecule has 0 aliphatic heterocycles. The summed E-state index contributed by atoms with van der Waals surface area (Å²) in [5.41, 5.74) is 1.04. The van der Waals surface area contributed by atoms with Crippen molar-refractivity contribution in [3.63, 3.8) is 0 Å². The molecule has 8 nitrogen and oxygen atoms in total. The van der Waals surface area contributed by atoms with Crippen molar-refractivity contribution in [1.29, 1.82) is 0 Å². The second-order valence-corrected chi connectivity index (χ2v) is 5.52. The van der Waals surface area contributed by atoms with Gasteiger partial charge in [-0.15, -0.1) is 5.10 Å². The summed E-state index contributed by atoms with van der Waals surface area (Å²) in [4.78, 5) is 28.8. The predicted molar refractivity (Wildman–Crippen MR) is 94.4 cm³/mol. The molecule has 1 N–H and O–H groups in total. The summed E-state index contributed by atoms with van der Waals surface area (Å²) in [6.07, 6.45) is 1.34. The van der Waals surface area contributed by atoms with Gasteiger partial charge in [-0.05, 0) is 24.3 Å². The van der Waals surface area contributed by atoms with E-state index in [-0.39, 0.29) is 18.1 Å². The summed E-state index contributed by atoms with van der Waals surface area (Å²) in [5.74, 6) is -0.169. The molecule has 1 amide bonds. The fourth-order valence-corrected chi connectivity index (χ4v) is 2.50. The molecule has 0 aliphatic rings. The van der Waals surface area contributed by atoms with Crippen LogP contribution in [0.5, 0.6) is 0 Å². The van der Waals surface area contributed by atoms with E-state index in [0.29, 0.717) is 16.8 Å². The average Bonchev–Trinajstić information content (AvgIpc) is 3.13. The van der Waals surface area contributed by atoms with Crippen molar-refractivity contribution in [2.75, 3.05) is 5.32 Å². The summed E-state index contributed by atoms with van der Waals surface area (Å²) in [6.45, 7) is -0.209. The van der Waals surface area contributed by atoms with Gasteiger partial charge in [0.05, 0.1) is 17.2 Å². The normalized spacial score (nSPS) is 10.8. The topological polar surface area (TPSA) is 103 Å². The summed E-state index contributed by atoms with van der Waals surface area (Å²) in [5, 5.41) is 10.6. The van der Waals surface area contributed by atoms with Gasteiger partial charge in [-0.2, -0.15) is 0 Å². The Morgan fingerprint density at radius 3 is 2.65 bits per heavy atom. The van der Waals surface area contributed by atoms with Gasteiger partial charge >= 0.3 is 6.01 Å². The molecule has 0 saturated carbocycles. The van der Waals surface area contributed by atoms with E-state index in [1.54, 1.807) is 24.3 Å². The van der Waals surface area contributed by atoms with Gasteiger partial charge in [-0.3, -0.25) is 19.5 Å². The van der Waals surface area contributed by atoms with Crippen molar-refractivity contribution in [2.45, 2.75) is 6.54 Å². The molecule has 0 unspecified atom stereocenters. The zero-order valence-corrected chi connectivity index (χ0v) is 13.5. The molecule has 0 atom stereocenters. The number of nitrogens with one attached hydrogen (secondary N) is 1. The van der Waals surface area contributed by atoms with Gasteiger partial charge in [-0.25, -0.2) is 4.98 Å². The van der Waals surface area contributed by atoms with Crippen LogP contribution in [0.4, 0.5) is 6.01 Å². The minimum absolute atomic E-state index is 0.0318. The van der Waals surface area contributed by atoms with Crippen LogP contribution in [0.1, 0.15) is 0 Å². The predicted octanol–water partition coefficient (Wildman–Crippen LogP) is 2.09. The van der Waals surface area contributed by atoms with Crippen LogP contribution in [0.25, 0.3) is 22.4 Å². The zero-order valence-electron chi connectivity index (χ0n) is 13.5. The van der Waals surface area contributed by atoms with E-state index in [1.165, 1.54) is 10.9 Å². The van der Waals surface area contributed by atoms with Crippen molar-refractivity contribution in [3.8, 4) is 11.5 Å². The minimum atomic E-state index is -0.465. The third-order valence-electron chi connectivity index (χ3n) is 3.74. The highest BCUT2D eigenvalue weighted by molar-refractivity contribution is 5.88. The van der Waals surface area contributed by atoms with Crippen LogP contribution in [0, 0.1) is 0 Å². The number of carbonyl (C=O) groups is 1. The van der Waals surface area contributed by atoms with Crippen LogP contribution in [-0.4, -0.2) is 25.7 Å². The van der Waals surface area contributed by atoms with Crippen LogP contribution >= 0.6 is 0 Å². The Balaban J connectivity index is 1.51. The number of rotatable bonds is 4. The lowest BCUT2D eigenvalue weighted by atomic mass is 10.2. The van der Waals surface area contributed by atoms with Gasteiger partial charge in [0, 0.05) is 5.56 Å². The summed E-state index contributed by atoms with van der Waals surface area (Å²) >= 11 is 0. The van der Waals surface area contributed by atoms with Crippen molar-refractivity contribution in [1.82, 2.24) is 19.7 Å². The van der Waals surface area contributed by atoms with E-state index in [2.05, 4.69) is 20.5 Å². The quantitative estimate of drug-likeness (QED) is 0.606. The van der Waals surface area contributed by atoms with E-state index in [4.69, 9.17) is 4.42 Å². The van der Waals surface area contributed by atoms with Gasteiger partial charge in [-0.1, -0.05) is 35.4 Å². The lowest BCUT2D eigenvalue weighted by molar-refractivity contribution is -0.116. The highest BCUT2D eigenvalue weighted by Gasteiger charge is 2.13. The lowest BCUT2D eigenvalue weighted by Crippen LogP contribution is -2.28. The maximum atomic E-state index is 12.4. The Morgan fingerprint density at radius 1 is 1.04 bits per heavy atom. The number of fused-ring (bicyclic) bond motifs is 1. The molecule has 0 saturated heterocycles. The standard InChI is InChI=1S/C18H13N5O3/c24-15(10-23-11-19-14-9-5-4-8-13(14)17(23)25)20-18-22-21-16(26-18)12-6-2-1-3-7-12/h1-9,11H,10H2,(H,20,22,24). The first kappa shape index (κ1) is 15.7. The van der Waals surface area contributed by atoms with E-state index < -0.39 is 5.91 Å². The SMILES string of the molecule is O=C(Cn1cnc2ccccc2c1=O)Nc1nnc(-c2ccccc2)o1. The highest BCUT2D eigenvalue weighted by Crippen LogP contribution is 2.18. The molecule has 128 valence electrons. The maximum absolute atomic E-state index is 12.4. The van der Waals surface area contributed by atoms with Crippen LogP contribution < -0.4 is 10.9 Å². The van der Waals surface area contributed by atoms with Gasteiger partial charge in [0.15, 0.2) is 0 Å². The van der Waals surface area contributed by atoms with Crippen molar-refractivity contribution < 1.29 is 9.21 Å². The van der Waals surface area contributed by atoms with Gasteiger partial charge in [0.2, 0.25) is 11.8 Å². The van der Waals surface area contributed by atoms with Crippen LogP contribution in [0.15, 0.2) is 70.1 Å². The second kappa shape index (κ2) is 6.60. The van der Waals surface area contributed by atoms with Gasteiger partial charge < -0.3 is 4.42 Å². The molecule has 8 heteroatoms. The fraction of sp³-hybridized carbons (Fsp3) is 0.0556. The molecule has 0 spiro atoms. The number of amides is 1. The van der Waals surface area contributed by atoms with Gasteiger partial charge in [0.1, 0.15) is 6.54 Å². The third-order valence-corrected chi connectivity index (χ3v) is 3.74. The monoisotopic (exact) mass is 347 g/mol. The van der Waals surface area contributed by atoms with Crippen LogP contribution in [0.2, 0.25) is 0 Å². The molecule has 26 heavy (non-hydrogen) atoms. The molecule has 0 bridgehead atoms. The fourth-order valence-electron chi connectivity index (χ4n) is 2.50. The smallest absolute Gasteiger partial charge is 0.322 e. The van der Waals surface area contributed by atoms with Crippen molar-refractivity contribution in [2.24, 2.45) is 0 Å². The first-order valence-electron chi connectivity index (χ1n) is 7.84. The Kier molecular flexibility index (Phi) is 3.98. The summed E-state index contributed by atoms with van der Waals surface area (Å²) in [7, 11) is 0. The number of nitrogens with zero attached hydrogens (tertiary/aromatic N) is 4. The molecule has 4 rings (SSSR count). The Bertz CT molecular complexity index is 1130. The molecule has 0 fully saturated rings. The molecule has 0 aliphatic carbocycles. The number of hydrogen-bond donors (Lipinski definition) is 1. The Labute approximate surface area is 147 Å². The number of benzene rings is 2. The first-order chi connectivity index (χ1) is 12.7. The molecule has 0 radical (unpaired) electrons. The Hall–Kier alpha value is -3.81. The van der Waals surface area contributed by atoms with Crippen LogP contribution in [0.3, 0.4) is 0 Å². The minimum Gasteiger partial charge on any atom is -0.403 e. The molecular weight excluding hydrogens is 334 g/mol. The molecule has 4 aromatic rings. The van der Waals surface area contributed by atoms with Crippen LogP contribution in [-0.2, 0) is 11.3 Å². The average molecular weight is 347 g/mol. The Morgan fingerprint density at radius 2 is 1.81 bits per heavy atom. The third kappa shape index (κ3) is 3.07. The van der Waals surface area contributed by atoms with Crippen molar-refractivity contribution in [3.05, 3.63) is 71.3 Å².